The van der Waals surface area contributed by atoms with Crippen molar-refractivity contribution < 1.29 is 4.79 Å². The molecular formula is C16H22N2O. The van der Waals surface area contributed by atoms with Gasteiger partial charge in [0.05, 0.1) is 12.2 Å². The molecule has 0 saturated heterocycles. The highest BCUT2D eigenvalue weighted by atomic mass is 16.1. The lowest BCUT2D eigenvalue weighted by Gasteiger charge is -2.13. The second-order valence-corrected chi connectivity index (χ2v) is 5.09. The van der Waals surface area contributed by atoms with Crippen molar-refractivity contribution in [2.75, 3.05) is 25.5 Å². The van der Waals surface area contributed by atoms with E-state index in [0.29, 0.717) is 18.9 Å². The molecule has 19 heavy (non-hydrogen) atoms. The Bertz CT molecular complexity index is 481. The van der Waals surface area contributed by atoms with Crippen LogP contribution in [0.25, 0.3) is 0 Å². The molecule has 0 atom stereocenters. The van der Waals surface area contributed by atoms with E-state index in [1.807, 2.05) is 57.1 Å². The van der Waals surface area contributed by atoms with Crippen LogP contribution in [0.15, 0.2) is 24.3 Å². The Labute approximate surface area is 116 Å². The average molecular weight is 258 g/mol. The van der Waals surface area contributed by atoms with Gasteiger partial charge in [-0.1, -0.05) is 37.8 Å². The SMILES string of the molecule is CC(C)CC(=O)NCC#Cc1ccccc1N(C)C. The monoisotopic (exact) mass is 258 g/mol. The first-order valence-electron chi connectivity index (χ1n) is 6.52. The van der Waals surface area contributed by atoms with Gasteiger partial charge in [-0.3, -0.25) is 4.79 Å². The molecule has 0 aliphatic rings. The second kappa shape index (κ2) is 7.48. The summed E-state index contributed by atoms with van der Waals surface area (Å²) >= 11 is 0. The van der Waals surface area contributed by atoms with Crippen molar-refractivity contribution in [2.45, 2.75) is 20.3 Å². The minimum atomic E-state index is 0.0604. The van der Waals surface area contributed by atoms with Crippen molar-refractivity contribution in [3.05, 3.63) is 29.8 Å². The Morgan fingerprint density at radius 1 is 1.32 bits per heavy atom. The highest BCUT2D eigenvalue weighted by Gasteiger charge is 2.02. The third-order valence-corrected chi connectivity index (χ3v) is 2.58. The van der Waals surface area contributed by atoms with Crippen LogP contribution in [0.2, 0.25) is 0 Å². The number of carbonyl (C=O) groups excluding carboxylic acids is 1. The van der Waals surface area contributed by atoms with Crippen LogP contribution in [0.5, 0.6) is 0 Å². The predicted octanol–water partition coefficient (Wildman–Crippen LogP) is 2.27. The first kappa shape index (κ1) is 15.1. The molecule has 1 N–H and O–H groups in total. The summed E-state index contributed by atoms with van der Waals surface area (Å²) in [5.41, 5.74) is 2.06. The zero-order chi connectivity index (χ0) is 14.3. The first-order valence-corrected chi connectivity index (χ1v) is 6.52. The fourth-order valence-electron chi connectivity index (χ4n) is 1.69. The van der Waals surface area contributed by atoms with Gasteiger partial charge in [-0.2, -0.15) is 0 Å². The third kappa shape index (κ3) is 5.48. The molecule has 0 bridgehead atoms. The van der Waals surface area contributed by atoms with E-state index >= 15 is 0 Å². The van der Waals surface area contributed by atoms with E-state index < -0.39 is 0 Å². The summed E-state index contributed by atoms with van der Waals surface area (Å²) in [6.45, 7) is 4.45. The van der Waals surface area contributed by atoms with E-state index in [0.717, 1.165) is 11.3 Å². The minimum absolute atomic E-state index is 0.0604. The Kier molecular flexibility index (Phi) is 5.95. The molecule has 0 aliphatic carbocycles. The molecule has 0 saturated carbocycles. The number of nitrogens with one attached hydrogen (secondary N) is 1. The van der Waals surface area contributed by atoms with E-state index in [9.17, 15) is 4.79 Å². The molecule has 0 spiro atoms. The van der Waals surface area contributed by atoms with Crippen molar-refractivity contribution in [3.63, 3.8) is 0 Å². The molecule has 0 aromatic heterocycles. The molecule has 3 nitrogen and oxygen atoms in total. The highest BCUT2D eigenvalue weighted by Crippen LogP contribution is 2.16. The number of rotatable bonds is 4. The quantitative estimate of drug-likeness (QED) is 0.840. The van der Waals surface area contributed by atoms with Crippen molar-refractivity contribution >= 4 is 11.6 Å². The second-order valence-electron chi connectivity index (χ2n) is 5.09. The normalized spacial score (nSPS) is 9.74. The first-order chi connectivity index (χ1) is 9.00. The van der Waals surface area contributed by atoms with Crippen LogP contribution in [-0.4, -0.2) is 26.5 Å². The molecule has 102 valence electrons. The highest BCUT2D eigenvalue weighted by molar-refractivity contribution is 5.76. The third-order valence-electron chi connectivity index (χ3n) is 2.58. The predicted molar refractivity (Wildman–Crippen MR) is 80.1 cm³/mol. The number of hydrogen-bond acceptors (Lipinski definition) is 2. The van der Waals surface area contributed by atoms with Crippen LogP contribution in [0.1, 0.15) is 25.8 Å². The van der Waals surface area contributed by atoms with E-state index in [1.54, 1.807) is 0 Å². The zero-order valence-electron chi connectivity index (χ0n) is 12.2. The van der Waals surface area contributed by atoms with Crippen LogP contribution < -0.4 is 10.2 Å². The van der Waals surface area contributed by atoms with Gasteiger partial charge >= 0.3 is 0 Å². The van der Waals surface area contributed by atoms with Crippen LogP contribution >= 0.6 is 0 Å². The number of amides is 1. The van der Waals surface area contributed by atoms with Gasteiger partial charge in [0, 0.05) is 26.1 Å². The summed E-state index contributed by atoms with van der Waals surface area (Å²) in [6, 6.07) is 7.97. The molecule has 0 aliphatic heterocycles. The number of hydrogen-bond donors (Lipinski definition) is 1. The molecule has 1 aromatic carbocycles. The van der Waals surface area contributed by atoms with Crippen molar-refractivity contribution in [1.29, 1.82) is 0 Å². The summed E-state index contributed by atoms with van der Waals surface area (Å²) in [6.07, 6.45) is 0.552. The molecule has 0 fully saturated rings. The lowest BCUT2D eigenvalue weighted by molar-refractivity contribution is -0.121. The van der Waals surface area contributed by atoms with Gasteiger partial charge in [0.1, 0.15) is 0 Å². The van der Waals surface area contributed by atoms with E-state index in [1.165, 1.54) is 0 Å². The molecule has 0 radical (unpaired) electrons. The Hall–Kier alpha value is -1.95. The van der Waals surface area contributed by atoms with Crippen LogP contribution in [0.3, 0.4) is 0 Å². The lowest BCUT2D eigenvalue weighted by atomic mass is 10.1. The van der Waals surface area contributed by atoms with Gasteiger partial charge in [-0.05, 0) is 18.1 Å². The Morgan fingerprint density at radius 2 is 2.00 bits per heavy atom. The maximum Gasteiger partial charge on any atom is 0.221 e. The lowest BCUT2D eigenvalue weighted by Crippen LogP contribution is -2.24. The largest absolute Gasteiger partial charge is 0.377 e. The van der Waals surface area contributed by atoms with Gasteiger partial charge in [-0.25, -0.2) is 0 Å². The fraction of sp³-hybridized carbons (Fsp3) is 0.438. The summed E-state index contributed by atoms with van der Waals surface area (Å²) in [7, 11) is 3.98. The average Bonchev–Trinajstić information content (AvgIpc) is 2.34. The molecule has 1 rings (SSSR count). The van der Waals surface area contributed by atoms with E-state index in [-0.39, 0.29) is 5.91 Å². The molecule has 1 aromatic rings. The maximum atomic E-state index is 11.5. The van der Waals surface area contributed by atoms with Gasteiger partial charge in [0.25, 0.3) is 0 Å². The molecule has 0 unspecified atom stereocenters. The van der Waals surface area contributed by atoms with Crippen molar-refractivity contribution in [3.8, 4) is 11.8 Å². The zero-order valence-corrected chi connectivity index (χ0v) is 12.2. The smallest absolute Gasteiger partial charge is 0.221 e. The number of anilines is 1. The Morgan fingerprint density at radius 3 is 2.63 bits per heavy atom. The minimum Gasteiger partial charge on any atom is -0.377 e. The fourth-order valence-corrected chi connectivity index (χ4v) is 1.69. The van der Waals surface area contributed by atoms with Gasteiger partial charge in [-0.15, -0.1) is 0 Å². The molecule has 3 heteroatoms. The number of carbonyl (C=O) groups is 1. The van der Waals surface area contributed by atoms with Crippen molar-refractivity contribution in [2.24, 2.45) is 5.92 Å². The molecule has 1 amide bonds. The summed E-state index contributed by atoms with van der Waals surface area (Å²) in [4.78, 5) is 13.5. The topological polar surface area (TPSA) is 32.3 Å². The van der Waals surface area contributed by atoms with E-state index in [4.69, 9.17) is 0 Å². The number of nitrogens with zero attached hydrogens (tertiary/aromatic N) is 1. The van der Waals surface area contributed by atoms with Gasteiger partial charge in [0.2, 0.25) is 5.91 Å². The number of benzene rings is 1. The van der Waals surface area contributed by atoms with Gasteiger partial charge in [0.15, 0.2) is 0 Å². The maximum absolute atomic E-state index is 11.5. The van der Waals surface area contributed by atoms with Crippen LogP contribution in [-0.2, 0) is 4.79 Å². The summed E-state index contributed by atoms with van der Waals surface area (Å²) in [5.74, 6) is 6.53. The van der Waals surface area contributed by atoms with Crippen molar-refractivity contribution in [1.82, 2.24) is 5.32 Å². The van der Waals surface area contributed by atoms with Crippen LogP contribution in [0.4, 0.5) is 5.69 Å². The molecular weight excluding hydrogens is 236 g/mol. The van der Waals surface area contributed by atoms with Crippen LogP contribution in [0, 0.1) is 17.8 Å². The molecule has 0 heterocycles. The van der Waals surface area contributed by atoms with Gasteiger partial charge < -0.3 is 10.2 Å². The van der Waals surface area contributed by atoms with E-state index in [2.05, 4.69) is 17.2 Å². The Balaban J connectivity index is 2.57. The summed E-state index contributed by atoms with van der Waals surface area (Å²) < 4.78 is 0. The summed E-state index contributed by atoms with van der Waals surface area (Å²) in [5, 5.41) is 2.81. The standard InChI is InChI=1S/C16H22N2O/c1-13(2)12-16(19)17-11-7-9-14-8-5-6-10-15(14)18(3)4/h5-6,8,10,13H,11-12H2,1-4H3,(H,17,19). The number of para-hydroxylation sites is 1.